The van der Waals surface area contributed by atoms with Gasteiger partial charge in [0.15, 0.2) is 0 Å². The number of nitrogens with zero attached hydrogens (tertiary/aromatic N) is 1. The normalized spacial score (nSPS) is 11.0. The number of hydrogen-bond donors (Lipinski definition) is 1. The van der Waals surface area contributed by atoms with E-state index in [4.69, 9.17) is 10.3 Å². The highest BCUT2D eigenvalue weighted by Gasteiger charge is 1.92. The molecule has 0 saturated heterocycles. The molecule has 0 radical (unpaired) electrons. The summed E-state index contributed by atoms with van der Waals surface area (Å²) < 4.78 is 4.82. The van der Waals surface area contributed by atoms with Crippen LogP contribution in [-0.4, -0.2) is 11.7 Å². The van der Waals surface area contributed by atoms with Gasteiger partial charge in [0.05, 0.1) is 0 Å². The van der Waals surface area contributed by atoms with Crippen LogP contribution < -0.4 is 5.73 Å². The SMILES string of the molecule is Cc1cc(/C=C/CN)no1. The molecule has 54 valence electrons. The molecular weight excluding hydrogens is 128 g/mol. The van der Waals surface area contributed by atoms with E-state index in [0.717, 1.165) is 11.5 Å². The molecule has 1 aromatic rings. The highest BCUT2D eigenvalue weighted by Crippen LogP contribution is 2.02. The summed E-state index contributed by atoms with van der Waals surface area (Å²) in [6.07, 6.45) is 3.66. The molecule has 1 rings (SSSR count). The average molecular weight is 138 g/mol. The highest BCUT2D eigenvalue weighted by atomic mass is 16.5. The molecule has 0 aliphatic carbocycles. The lowest BCUT2D eigenvalue weighted by molar-refractivity contribution is 0.396. The third kappa shape index (κ3) is 1.70. The Hall–Kier alpha value is -1.09. The fourth-order valence-corrected chi connectivity index (χ4v) is 0.653. The third-order valence-corrected chi connectivity index (χ3v) is 1.07. The minimum absolute atomic E-state index is 0.534. The van der Waals surface area contributed by atoms with E-state index in [0.29, 0.717) is 6.54 Å². The minimum atomic E-state index is 0.534. The summed E-state index contributed by atoms with van der Waals surface area (Å²) in [7, 11) is 0. The van der Waals surface area contributed by atoms with Crippen LogP contribution in [0.2, 0.25) is 0 Å². The summed E-state index contributed by atoms with van der Waals surface area (Å²) in [5.74, 6) is 0.816. The van der Waals surface area contributed by atoms with Crippen molar-refractivity contribution in [1.82, 2.24) is 5.16 Å². The van der Waals surface area contributed by atoms with E-state index in [9.17, 15) is 0 Å². The standard InChI is InChI=1S/C7H10N2O/c1-6-5-7(9-10-6)3-2-4-8/h2-3,5H,4,8H2,1H3/b3-2+. The molecule has 1 aromatic heterocycles. The van der Waals surface area contributed by atoms with Crippen molar-refractivity contribution in [3.05, 3.63) is 23.6 Å². The topological polar surface area (TPSA) is 52.0 Å². The summed E-state index contributed by atoms with van der Waals surface area (Å²) in [6, 6.07) is 1.85. The smallest absolute Gasteiger partial charge is 0.134 e. The van der Waals surface area contributed by atoms with Crippen LogP contribution in [0, 0.1) is 6.92 Å². The molecule has 2 N–H and O–H groups in total. The van der Waals surface area contributed by atoms with E-state index in [1.54, 1.807) is 0 Å². The molecule has 0 bridgehead atoms. The van der Waals surface area contributed by atoms with Gasteiger partial charge in [-0.1, -0.05) is 11.2 Å². The summed E-state index contributed by atoms with van der Waals surface area (Å²) in [5, 5.41) is 3.74. The second-order valence-electron chi connectivity index (χ2n) is 2.00. The summed E-state index contributed by atoms with van der Waals surface area (Å²) in [4.78, 5) is 0. The number of nitrogens with two attached hydrogens (primary N) is 1. The molecule has 1 heterocycles. The van der Waals surface area contributed by atoms with E-state index in [2.05, 4.69) is 5.16 Å². The van der Waals surface area contributed by atoms with Gasteiger partial charge < -0.3 is 10.3 Å². The van der Waals surface area contributed by atoms with Gasteiger partial charge in [-0.05, 0) is 13.0 Å². The van der Waals surface area contributed by atoms with E-state index < -0.39 is 0 Å². The monoisotopic (exact) mass is 138 g/mol. The Balaban J connectivity index is 2.67. The highest BCUT2D eigenvalue weighted by molar-refractivity contribution is 5.43. The van der Waals surface area contributed by atoms with Crippen LogP contribution in [0.5, 0.6) is 0 Å². The first kappa shape index (κ1) is 7.02. The van der Waals surface area contributed by atoms with Crippen molar-refractivity contribution in [1.29, 1.82) is 0 Å². The molecule has 0 aliphatic rings. The first-order valence-corrected chi connectivity index (χ1v) is 3.13. The number of hydrogen-bond acceptors (Lipinski definition) is 3. The molecule has 3 nitrogen and oxygen atoms in total. The lowest BCUT2D eigenvalue weighted by Gasteiger charge is -1.76. The lowest BCUT2D eigenvalue weighted by atomic mass is 10.3. The summed E-state index contributed by atoms with van der Waals surface area (Å²) >= 11 is 0. The minimum Gasteiger partial charge on any atom is -0.361 e. The van der Waals surface area contributed by atoms with Gasteiger partial charge in [-0.15, -0.1) is 0 Å². The second kappa shape index (κ2) is 3.17. The molecule has 10 heavy (non-hydrogen) atoms. The van der Waals surface area contributed by atoms with Crippen LogP contribution in [-0.2, 0) is 0 Å². The zero-order chi connectivity index (χ0) is 7.40. The molecule has 0 saturated carbocycles. The number of aromatic nitrogens is 1. The maximum Gasteiger partial charge on any atom is 0.134 e. The Bertz CT molecular complexity index is 227. The van der Waals surface area contributed by atoms with Gasteiger partial charge >= 0.3 is 0 Å². The Morgan fingerprint density at radius 2 is 2.60 bits per heavy atom. The first-order valence-electron chi connectivity index (χ1n) is 3.13. The molecule has 0 aliphatic heterocycles. The predicted molar refractivity (Wildman–Crippen MR) is 39.3 cm³/mol. The number of rotatable bonds is 2. The van der Waals surface area contributed by atoms with Gasteiger partial charge in [0, 0.05) is 12.6 Å². The fourth-order valence-electron chi connectivity index (χ4n) is 0.653. The third-order valence-electron chi connectivity index (χ3n) is 1.07. The first-order chi connectivity index (χ1) is 4.83. The zero-order valence-corrected chi connectivity index (χ0v) is 5.87. The van der Waals surface area contributed by atoms with E-state index >= 15 is 0 Å². The second-order valence-corrected chi connectivity index (χ2v) is 2.00. The Kier molecular flexibility index (Phi) is 2.23. The van der Waals surface area contributed by atoms with Crippen molar-refractivity contribution < 1.29 is 4.52 Å². The summed E-state index contributed by atoms with van der Waals surface area (Å²) in [5.41, 5.74) is 6.06. The molecular formula is C7H10N2O. The van der Waals surface area contributed by atoms with E-state index in [1.165, 1.54) is 0 Å². The van der Waals surface area contributed by atoms with Crippen LogP contribution in [0.1, 0.15) is 11.5 Å². The van der Waals surface area contributed by atoms with Crippen molar-refractivity contribution in [2.75, 3.05) is 6.54 Å². The van der Waals surface area contributed by atoms with Gasteiger partial charge in [0.25, 0.3) is 0 Å². The molecule has 0 atom stereocenters. The zero-order valence-electron chi connectivity index (χ0n) is 5.87. The summed E-state index contributed by atoms with van der Waals surface area (Å²) in [6.45, 7) is 2.39. The molecule has 0 spiro atoms. The Morgan fingerprint density at radius 1 is 1.80 bits per heavy atom. The van der Waals surface area contributed by atoms with Crippen molar-refractivity contribution in [3.63, 3.8) is 0 Å². The van der Waals surface area contributed by atoms with Crippen LogP contribution in [0.3, 0.4) is 0 Å². The van der Waals surface area contributed by atoms with Crippen LogP contribution >= 0.6 is 0 Å². The Labute approximate surface area is 59.5 Å². The van der Waals surface area contributed by atoms with Gasteiger partial charge in [0.1, 0.15) is 11.5 Å². The molecule has 0 fully saturated rings. The van der Waals surface area contributed by atoms with Gasteiger partial charge in [-0.2, -0.15) is 0 Å². The molecule has 0 unspecified atom stereocenters. The quantitative estimate of drug-likeness (QED) is 0.662. The van der Waals surface area contributed by atoms with Crippen LogP contribution in [0.15, 0.2) is 16.7 Å². The van der Waals surface area contributed by atoms with Gasteiger partial charge in [0.2, 0.25) is 0 Å². The van der Waals surface area contributed by atoms with E-state index in [1.807, 2.05) is 25.1 Å². The molecule has 0 amide bonds. The fraction of sp³-hybridized carbons (Fsp3) is 0.286. The number of aryl methyl sites for hydroxylation is 1. The Morgan fingerprint density at radius 3 is 3.10 bits per heavy atom. The molecule has 0 aromatic carbocycles. The van der Waals surface area contributed by atoms with E-state index in [-0.39, 0.29) is 0 Å². The van der Waals surface area contributed by atoms with Gasteiger partial charge in [-0.25, -0.2) is 0 Å². The average Bonchev–Trinajstić information content (AvgIpc) is 2.31. The maximum absolute atomic E-state index is 5.24. The molecule has 3 heteroatoms. The van der Waals surface area contributed by atoms with Crippen molar-refractivity contribution in [2.24, 2.45) is 5.73 Å². The van der Waals surface area contributed by atoms with Crippen molar-refractivity contribution >= 4 is 6.08 Å². The van der Waals surface area contributed by atoms with Crippen molar-refractivity contribution in [2.45, 2.75) is 6.92 Å². The van der Waals surface area contributed by atoms with Crippen molar-refractivity contribution in [3.8, 4) is 0 Å². The lowest BCUT2D eigenvalue weighted by Crippen LogP contribution is -1.91. The van der Waals surface area contributed by atoms with Gasteiger partial charge in [-0.3, -0.25) is 0 Å². The largest absolute Gasteiger partial charge is 0.361 e. The maximum atomic E-state index is 5.24. The van der Waals surface area contributed by atoms with Crippen LogP contribution in [0.25, 0.3) is 6.08 Å². The predicted octanol–water partition coefficient (Wildman–Crippen LogP) is 0.955. The van der Waals surface area contributed by atoms with Crippen LogP contribution in [0.4, 0.5) is 0 Å².